The smallest absolute Gasteiger partial charge is 0.0847 e. The van der Waals surface area contributed by atoms with Crippen LogP contribution in [0.4, 0.5) is 0 Å². The Hall–Kier alpha value is -0.540. The van der Waals surface area contributed by atoms with Crippen molar-refractivity contribution in [3.63, 3.8) is 0 Å². The summed E-state index contributed by atoms with van der Waals surface area (Å²) in [6, 6.07) is 0.495. The number of likely N-dealkylation sites (N-methyl/N-ethyl adjacent to an activating group) is 1. The van der Waals surface area contributed by atoms with Crippen LogP contribution in [0, 0.1) is 6.92 Å². The molecule has 0 aliphatic carbocycles. The molecule has 104 valence electrons. The molecule has 0 aliphatic heterocycles. The third kappa shape index (κ3) is 4.29. The molecule has 1 unspecified atom stereocenters. The van der Waals surface area contributed by atoms with Gasteiger partial charge >= 0.3 is 0 Å². The van der Waals surface area contributed by atoms with Gasteiger partial charge in [-0.2, -0.15) is 5.10 Å². The van der Waals surface area contributed by atoms with E-state index >= 15 is 0 Å². The van der Waals surface area contributed by atoms with Gasteiger partial charge in [0.05, 0.1) is 16.4 Å². The van der Waals surface area contributed by atoms with Gasteiger partial charge in [-0.15, -0.1) is 0 Å². The largest absolute Gasteiger partial charge is 0.317 e. The van der Waals surface area contributed by atoms with Crippen molar-refractivity contribution in [2.24, 2.45) is 7.05 Å². The maximum Gasteiger partial charge on any atom is 0.0847 e. The van der Waals surface area contributed by atoms with Crippen LogP contribution in [0.15, 0.2) is 0 Å². The van der Waals surface area contributed by atoms with E-state index in [0.29, 0.717) is 6.04 Å². The number of nitrogens with zero attached hydrogens (tertiary/aromatic N) is 2. The molecule has 0 saturated carbocycles. The molecule has 0 amide bonds. The molecule has 1 rings (SSSR count). The summed E-state index contributed by atoms with van der Waals surface area (Å²) in [7, 11) is 4.00. The summed E-state index contributed by atoms with van der Waals surface area (Å²) < 4.78 is 1.91. The number of rotatable bonds is 8. The standard InChI is InChI=1S/C14H26ClN3/c1-5-6-7-8-9-12(16-3)10-13-14(15)11(2)17-18(13)4/h12,16H,5-10H2,1-4H3. The summed E-state index contributed by atoms with van der Waals surface area (Å²) in [5.41, 5.74) is 2.07. The zero-order chi connectivity index (χ0) is 13.5. The molecule has 0 fully saturated rings. The Morgan fingerprint density at radius 3 is 2.56 bits per heavy atom. The summed E-state index contributed by atoms with van der Waals surface area (Å²) in [4.78, 5) is 0. The average Bonchev–Trinajstić information content (AvgIpc) is 2.59. The molecule has 1 aromatic rings. The monoisotopic (exact) mass is 271 g/mol. The Morgan fingerprint density at radius 1 is 1.33 bits per heavy atom. The summed E-state index contributed by atoms with van der Waals surface area (Å²) in [6.45, 7) is 4.20. The molecule has 3 nitrogen and oxygen atoms in total. The first-order valence-corrected chi connectivity index (χ1v) is 7.33. The fraction of sp³-hybridized carbons (Fsp3) is 0.786. The number of unbranched alkanes of at least 4 members (excludes halogenated alkanes) is 3. The van der Waals surface area contributed by atoms with Gasteiger partial charge in [0.1, 0.15) is 0 Å². The van der Waals surface area contributed by atoms with Crippen molar-refractivity contribution in [3.8, 4) is 0 Å². The minimum absolute atomic E-state index is 0.495. The Balaban J connectivity index is 2.51. The zero-order valence-electron chi connectivity index (χ0n) is 12.1. The molecule has 0 aromatic carbocycles. The van der Waals surface area contributed by atoms with Crippen molar-refractivity contribution in [2.45, 2.75) is 58.4 Å². The van der Waals surface area contributed by atoms with Crippen molar-refractivity contribution >= 4 is 11.6 Å². The molecule has 4 heteroatoms. The first kappa shape index (κ1) is 15.5. The van der Waals surface area contributed by atoms with E-state index in [1.165, 1.54) is 32.1 Å². The summed E-state index contributed by atoms with van der Waals surface area (Å²) >= 11 is 6.29. The van der Waals surface area contributed by atoms with Gasteiger partial charge in [-0.05, 0) is 20.4 Å². The van der Waals surface area contributed by atoms with Gasteiger partial charge in [-0.25, -0.2) is 0 Å². The number of halogens is 1. The van der Waals surface area contributed by atoms with E-state index in [9.17, 15) is 0 Å². The first-order chi connectivity index (χ1) is 8.60. The van der Waals surface area contributed by atoms with Crippen LogP contribution in [-0.4, -0.2) is 22.9 Å². The van der Waals surface area contributed by atoms with Crippen LogP contribution in [0.5, 0.6) is 0 Å². The normalized spacial score (nSPS) is 12.9. The molecule has 1 atom stereocenters. The van der Waals surface area contributed by atoms with Crippen LogP contribution in [0.2, 0.25) is 5.02 Å². The second-order valence-electron chi connectivity index (χ2n) is 5.01. The Morgan fingerprint density at radius 2 is 2.06 bits per heavy atom. The third-order valence-electron chi connectivity index (χ3n) is 3.52. The van der Waals surface area contributed by atoms with E-state index < -0.39 is 0 Å². The minimum Gasteiger partial charge on any atom is -0.317 e. The molecule has 18 heavy (non-hydrogen) atoms. The van der Waals surface area contributed by atoms with Crippen molar-refractivity contribution in [3.05, 3.63) is 16.4 Å². The lowest BCUT2D eigenvalue weighted by atomic mass is 10.0. The number of aromatic nitrogens is 2. The van der Waals surface area contributed by atoms with E-state index in [1.807, 2.05) is 25.7 Å². The highest BCUT2D eigenvalue weighted by molar-refractivity contribution is 6.31. The van der Waals surface area contributed by atoms with E-state index in [0.717, 1.165) is 22.8 Å². The fourth-order valence-corrected chi connectivity index (χ4v) is 2.54. The van der Waals surface area contributed by atoms with Crippen LogP contribution >= 0.6 is 11.6 Å². The molecular weight excluding hydrogens is 246 g/mol. The maximum absolute atomic E-state index is 6.29. The Kier molecular flexibility index (Phi) is 6.72. The number of aryl methyl sites for hydroxylation is 2. The molecule has 1 heterocycles. The minimum atomic E-state index is 0.495. The molecule has 0 radical (unpaired) electrons. The van der Waals surface area contributed by atoms with Gasteiger partial charge in [-0.3, -0.25) is 4.68 Å². The SMILES string of the molecule is CCCCCCC(Cc1c(Cl)c(C)nn1C)NC. The summed E-state index contributed by atoms with van der Waals surface area (Å²) in [6.07, 6.45) is 7.40. The number of hydrogen-bond donors (Lipinski definition) is 1. The maximum atomic E-state index is 6.29. The fourth-order valence-electron chi connectivity index (χ4n) is 2.30. The van der Waals surface area contributed by atoms with Crippen LogP contribution in [-0.2, 0) is 13.5 Å². The quantitative estimate of drug-likeness (QED) is 0.734. The van der Waals surface area contributed by atoms with Crippen LogP contribution in [0.25, 0.3) is 0 Å². The topological polar surface area (TPSA) is 29.9 Å². The van der Waals surface area contributed by atoms with E-state index in [1.54, 1.807) is 0 Å². The lowest BCUT2D eigenvalue weighted by Gasteiger charge is -2.16. The van der Waals surface area contributed by atoms with Gasteiger partial charge in [0.25, 0.3) is 0 Å². The van der Waals surface area contributed by atoms with Gasteiger partial charge in [-0.1, -0.05) is 44.2 Å². The summed E-state index contributed by atoms with van der Waals surface area (Å²) in [5, 5.41) is 8.58. The van der Waals surface area contributed by atoms with Crippen LogP contribution < -0.4 is 5.32 Å². The van der Waals surface area contributed by atoms with Crippen molar-refractivity contribution in [1.82, 2.24) is 15.1 Å². The van der Waals surface area contributed by atoms with Gasteiger partial charge in [0.2, 0.25) is 0 Å². The highest BCUT2D eigenvalue weighted by Crippen LogP contribution is 2.21. The molecule has 1 aromatic heterocycles. The average molecular weight is 272 g/mol. The second-order valence-corrected chi connectivity index (χ2v) is 5.39. The Bertz CT molecular complexity index is 360. The first-order valence-electron chi connectivity index (χ1n) is 6.95. The molecular formula is C14H26ClN3. The highest BCUT2D eigenvalue weighted by Gasteiger charge is 2.15. The highest BCUT2D eigenvalue weighted by atomic mass is 35.5. The van der Waals surface area contributed by atoms with Crippen LogP contribution in [0.1, 0.15) is 50.4 Å². The molecule has 0 saturated heterocycles. The van der Waals surface area contributed by atoms with E-state index in [2.05, 4.69) is 17.3 Å². The third-order valence-corrected chi connectivity index (χ3v) is 4.01. The summed E-state index contributed by atoms with van der Waals surface area (Å²) in [5.74, 6) is 0. The predicted octanol–water partition coefficient (Wildman–Crippen LogP) is 3.48. The van der Waals surface area contributed by atoms with E-state index in [-0.39, 0.29) is 0 Å². The van der Waals surface area contributed by atoms with Crippen molar-refractivity contribution < 1.29 is 0 Å². The second kappa shape index (κ2) is 7.80. The van der Waals surface area contributed by atoms with Crippen LogP contribution in [0.3, 0.4) is 0 Å². The lowest BCUT2D eigenvalue weighted by molar-refractivity contribution is 0.473. The molecule has 0 spiro atoms. The molecule has 0 bridgehead atoms. The van der Waals surface area contributed by atoms with Gasteiger partial charge in [0, 0.05) is 19.5 Å². The lowest BCUT2D eigenvalue weighted by Crippen LogP contribution is -2.28. The predicted molar refractivity (Wildman–Crippen MR) is 78.3 cm³/mol. The van der Waals surface area contributed by atoms with E-state index in [4.69, 9.17) is 11.6 Å². The number of nitrogens with one attached hydrogen (secondary N) is 1. The van der Waals surface area contributed by atoms with Crippen molar-refractivity contribution in [1.29, 1.82) is 0 Å². The Labute approximate surface area is 116 Å². The molecule has 1 N–H and O–H groups in total. The van der Waals surface area contributed by atoms with Gasteiger partial charge < -0.3 is 5.32 Å². The van der Waals surface area contributed by atoms with Crippen molar-refractivity contribution in [2.75, 3.05) is 7.05 Å². The molecule has 0 aliphatic rings. The van der Waals surface area contributed by atoms with Gasteiger partial charge in [0.15, 0.2) is 0 Å². The number of hydrogen-bond acceptors (Lipinski definition) is 2. The zero-order valence-corrected chi connectivity index (χ0v) is 12.8.